The van der Waals surface area contributed by atoms with Gasteiger partial charge in [-0.05, 0) is 31.2 Å². The van der Waals surface area contributed by atoms with E-state index in [1.165, 1.54) is 6.07 Å². The minimum atomic E-state index is -0.421. The molecule has 1 aliphatic heterocycles. The van der Waals surface area contributed by atoms with Gasteiger partial charge in [-0.3, -0.25) is 14.9 Å². The summed E-state index contributed by atoms with van der Waals surface area (Å²) in [6.45, 7) is 4.77. The van der Waals surface area contributed by atoms with Crippen molar-refractivity contribution < 1.29 is 14.5 Å². The standard InChI is InChI=1S/C19H22N4O4/c1-14-2-5-16(6-3-14)27-13-19(24)21-15-4-7-17(18(12-15)23(25)26)22-10-8-20-9-11-22/h2-7,12,20H,8-11,13H2,1H3,(H,21,24). The first-order valence-electron chi connectivity index (χ1n) is 8.76. The molecule has 0 bridgehead atoms. The number of carbonyl (C=O) groups excluding carboxylic acids is 1. The number of hydrogen-bond acceptors (Lipinski definition) is 6. The van der Waals surface area contributed by atoms with Crippen LogP contribution in [0.2, 0.25) is 0 Å². The van der Waals surface area contributed by atoms with Gasteiger partial charge in [-0.25, -0.2) is 0 Å². The number of carbonyl (C=O) groups is 1. The molecule has 1 heterocycles. The van der Waals surface area contributed by atoms with E-state index in [1.54, 1.807) is 24.3 Å². The van der Waals surface area contributed by atoms with Gasteiger partial charge in [0.2, 0.25) is 0 Å². The van der Waals surface area contributed by atoms with Crippen LogP contribution < -0.4 is 20.3 Å². The monoisotopic (exact) mass is 370 g/mol. The molecule has 8 heteroatoms. The molecule has 8 nitrogen and oxygen atoms in total. The number of amides is 1. The number of nitrogens with zero attached hydrogens (tertiary/aromatic N) is 2. The number of rotatable bonds is 6. The lowest BCUT2D eigenvalue weighted by Crippen LogP contribution is -2.43. The average molecular weight is 370 g/mol. The average Bonchev–Trinajstić information content (AvgIpc) is 2.68. The zero-order valence-corrected chi connectivity index (χ0v) is 15.1. The molecular formula is C19H22N4O4. The van der Waals surface area contributed by atoms with E-state index in [0.29, 0.717) is 30.2 Å². The van der Waals surface area contributed by atoms with Crippen molar-refractivity contribution in [3.63, 3.8) is 0 Å². The number of ether oxygens (including phenoxy) is 1. The Morgan fingerprint density at radius 1 is 1.22 bits per heavy atom. The summed E-state index contributed by atoms with van der Waals surface area (Å²) in [5, 5.41) is 17.3. The molecular weight excluding hydrogens is 348 g/mol. The maximum atomic E-state index is 12.1. The van der Waals surface area contributed by atoms with Gasteiger partial charge in [-0.15, -0.1) is 0 Å². The van der Waals surface area contributed by atoms with Crippen LogP contribution >= 0.6 is 0 Å². The Kier molecular flexibility index (Phi) is 5.87. The van der Waals surface area contributed by atoms with Crippen molar-refractivity contribution >= 4 is 23.0 Å². The van der Waals surface area contributed by atoms with Crippen LogP contribution in [0.5, 0.6) is 5.75 Å². The molecule has 0 aromatic heterocycles. The summed E-state index contributed by atoms with van der Waals surface area (Å²) in [6, 6.07) is 12.1. The van der Waals surface area contributed by atoms with Crippen molar-refractivity contribution in [2.45, 2.75) is 6.92 Å². The van der Waals surface area contributed by atoms with E-state index in [4.69, 9.17) is 4.74 Å². The van der Waals surface area contributed by atoms with Gasteiger partial charge in [0, 0.05) is 37.9 Å². The van der Waals surface area contributed by atoms with Gasteiger partial charge in [0.1, 0.15) is 11.4 Å². The van der Waals surface area contributed by atoms with Crippen LogP contribution in [0.3, 0.4) is 0 Å². The Bertz CT molecular complexity index is 817. The number of anilines is 2. The summed E-state index contributed by atoms with van der Waals surface area (Å²) < 4.78 is 5.43. The second-order valence-electron chi connectivity index (χ2n) is 6.35. The second kappa shape index (κ2) is 8.50. The first-order valence-corrected chi connectivity index (χ1v) is 8.76. The molecule has 0 aliphatic carbocycles. The van der Waals surface area contributed by atoms with E-state index in [1.807, 2.05) is 24.0 Å². The van der Waals surface area contributed by atoms with E-state index >= 15 is 0 Å². The third-order valence-corrected chi connectivity index (χ3v) is 4.30. The van der Waals surface area contributed by atoms with Crippen LogP contribution in [0, 0.1) is 17.0 Å². The molecule has 2 aromatic rings. The summed E-state index contributed by atoms with van der Waals surface area (Å²) in [5.74, 6) is 0.218. The van der Waals surface area contributed by atoms with Gasteiger partial charge in [-0.2, -0.15) is 0 Å². The number of benzene rings is 2. The number of piperazine rings is 1. The predicted molar refractivity (Wildman–Crippen MR) is 103 cm³/mol. The van der Waals surface area contributed by atoms with Crippen LogP contribution in [-0.2, 0) is 4.79 Å². The summed E-state index contributed by atoms with van der Waals surface area (Å²) in [4.78, 5) is 25.1. The Balaban J connectivity index is 1.65. The molecule has 0 atom stereocenters. The summed E-state index contributed by atoms with van der Waals surface area (Å²) >= 11 is 0. The Labute approximate surface area is 157 Å². The molecule has 1 fully saturated rings. The molecule has 0 saturated carbocycles. The van der Waals surface area contributed by atoms with Crippen LogP contribution in [0.4, 0.5) is 17.1 Å². The molecule has 2 aromatic carbocycles. The number of nitro groups is 1. The summed E-state index contributed by atoms with van der Waals surface area (Å²) in [7, 11) is 0. The topological polar surface area (TPSA) is 96.7 Å². The number of nitrogens with one attached hydrogen (secondary N) is 2. The number of nitro benzene ring substituents is 1. The normalized spacial score (nSPS) is 13.9. The lowest BCUT2D eigenvalue weighted by molar-refractivity contribution is -0.384. The zero-order chi connectivity index (χ0) is 19.2. The van der Waals surface area contributed by atoms with E-state index < -0.39 is 4.92 Å². The van der Waals surface area contributed by atoms with E-state index in [-0.39, 0.29) is 18.2 Å². The second-order valence-corrected chi connectivity index (χ2v) is 6.35. The quantitative estimate of drug-likeness (QED) is 0.598. The van der Waals surface area contributed by atoms with Crippen molar-refractivity contribution in [2.24, 2.45) is 0 Å². The molecule has 142 valence electrons. The third-order valence-electron chi connectivity index (χ3n) is 4.30. The van der Waals surface area contributed by atoms with Gasteiger partial charge in [0.15, 0.2) is 6.61 Å². The fourth-order valence-corrected chi connectivity index (χ4v) is 2.90. The highest BCUT2D eigenvalue weighted by Gasteiger charge is 2.22. The van der Waals surface area contributed by atoms with Gasteiger partial charge >= 0.3 is 0 Å². The van der Waals surface area contributed by atoms with Crippen LogP contribution in [0.1, 0.15) is 5.56 Å². The van der Waals surface area contributed by atoms with Gasteiger partial charge in [0.05, 0.1) is 4.92 Å². The maximum Gasteiger partial charge on any atom is 0.294 e. The fraction of sp³-hybridized carbons (Fsp3) is 0.316. The molecule has 0 unspecified atom stereocenters. The molecule has 1 saturated heterocycles. The maximum absolute atomic E-state index is 12.1. The summed E-state index contributed by atoms with van der Waals surface area (Å²) in [6.07, 6.45) is 0. The van der Waals surface area contributed by atoms with E-state index in [0.717, 1.165) is 18.7 Å². The molecule has 27 heavy (non-hydrogen) atoms. The Morgan fingerprint density at radius 2 is 1.93 bits per heavy atom. The summed E-state index contributed by atoms with van der Waals surface area (Å²) in [5.41, 5.74) is 2.02. The Morgan fingerprint density at radius 3 is 2.59 bits per heavy atom. The van der Waals surface area contributed by atoms with Crippen molar-refractivity contribution in [1.82, 2.24) is 5.32 Å². The minimum absolute atomic E-state index is 0.0193. The van der Waals surface area contributed by atoms with Crippen molar-refractivity contribution in [3.05, 3.63) is 58.1 Å². The van der Waals surface area contributed by atoms with E-state index in [9.17, 15) is 14.9 Å². The van der Waals surface area contributed by atoms with E-state index in [2.05, 4.69) is 10.6 Å². The molecule has 1 aliphatic rings. The van der Waals surface area contributed by atoms with Crippen LogP contribution in [-0.4, -0.2) is 43.6 Å². The first-order chi connectivity index (χ1) is 13.0. The van der Waals surface area contributed by atoms with Crippen molar-refractivity contribution in [3.8, 4) is 5.75 Å². The predicted octanol–water partition coefficient (Wildman–Crippen LogP) is 2.33. The van der Waals surface area contributed by atoms with Crippen molar-refractivity contribution in [2.75, 3.05) is 43.0 Å². The number of aryl methyl sites for hydroxylation is 1. The van der Waals surface area contributed by atoms with Gasteiger partial charge < -0.3 is 20.3 Å². The minimum Gasteiger partial charge on any atom is -0.484 e. The van der Waals surface area contributed by atoms with Gasteiger partial charge in [-0.1, -0.05) is 17.7 Å². The molecule has 0 radical (unpaired) electrons. The highest BCUT2D eigenvalue weighted by molar-refractivity contribution is 5.92. The largest absolute Gasteiger partial charge is 0.484 e. The first kappa shape index (κ1) is 18.7. The highest BCUT2D eigenvalue weighted by Crippen LogP contribution is 2.31. The fourth-order valence-electron chi connectivity index (χ4n) is 2.90. The van der Waals surface area contributed by atoms with Gasteiger partial charge in [0.25, 0.3) is 11.6 Å². The molecule has 3 rings (SSSR count). The highest BCUT2D eigenvalue weighted by atomic mass is 16.6. The molecule has 0 spiro atoms. The molecule has 2 N–H and O–H groups in total. The SMILES string of the molecule is Cc1ccc(OCC(=O)Nc2ccc(N3CCNCC3)c([N+](=O)[O-])c2)cc1. The Hall–Kier alpha value is -3.13. The van der Waals surface area contributed by atoms with Crippen LogP contribution in [0.25, 0.3) is 0 Å². The zero-order valence-electron chi connectivity index (χ0n) is 15.1. The third kappa shape index (κ3) is 4.95. The molecule has 1 amide bonds. The van der Waals surface area contributed by atoms with Crippen molar-refractivity contribution in [1.29, 1.82) is 0 Å². The smallest absolute Gasteiger partial charge is 0.294 e. The van der Waals surface area contributed by atoms with Crippen LogP contribution in [0.15, 0.2) is 42.5 Å². The number of hydrogen-bond donors (Lipinski definition) is 2. The lowest BCUT2D eigenvalue weighted by Gasteiger charge is -2.29. The lowest BCUT2D eigenvalue weighted by atomic mass is 10.2.